The van der Waals surface area contributed by atoms with Crippen LogP contribution >= 0.6 is 23.2 Å². The van der Waals surface area contributed by atoms with E-state index in [9.17, 15) is 14.3 Å². The third-order valence-corrected chi connectivity index (χ3v) is 3.17. The fraction of sp³-hybridized carbons (Fsp3) is 0.154. The Labute approximate surface area is 145 Å². The lowest BCUT2D eigenvalue weighted by atomic mass is 10.1. The topological polar surface area (TPSA) is 102 Å². The predicted octanol–water partition coefficient (Wildman–Crippen LogP) is 2.49. The largest absolute Gasteiger partial charge is 0.506 e. The molecule has 0 aromatic carbocycles. The molecule has 2 heterocycles. The lowest BCUT2D eigenvalue weighted by Gasteiger charge is -2.08. The molecular formula is C13H10Cl2FN5O3. The molecule has 0 unspecified atom stereocenters. The smallest absolute Gasteiger partial charge is 0.343 e. The highest BCUT2D eigenvalue weighted by atomic mass is 35.5. The maximum absolute atomic E-state index is 13.6. The van der Waals surface area contributed by atoms with Crippen LogP contribution in [0.1, 0.15) is 12.5 Å². The molecule has 0 aliphatic rings. The van der Waals surface area contributed by atoms with Crippen LogP contribution in [0.15, 0.2) is 29.4 Å². The molecule has 0 bridgehead atoms. The zero-order valence-corrected chi connectivity index (χ0v) is 13.7. The fourth-order valence-corrected chi connectivity index (χ4v) is 1.97. The third-order valence-electron chi connectivity index (χ3n) is 2.62. The minimum absolute atomic E-state index is 0.0526. The van der Waals surface area contributed by atoms with E-state index in [2.05, 4.69) is 20.3 Å². The number of rotatable bonds is 5. The summed E-state index contributed by atoms with van der Waals surface area (Å²) in [5, 5.41) is 20.5. The van der Waals surface area contributed by atoms with Gasteiger partial charge in [-0.25, -0.2) is 18.8 Å². The van der Waals surface area contributed by atoms with Crippen LogP contribution in [0.4, 0.5) is 4.39 Å². The fourth-order valence-electron chi connectivity index (χ4n) is 1.56. The van der Waals surface area contributed by atoms with Gasteiger partial charge in [0.05, 0.1) is 18.4 Å². The van der Waals surface area contributed by atoms with Gasteiger partial charge >= 0.3 is 5.97 Å². The molecule has 1 N–H and O–H groups in total. The van der Waals surface area contributed by atoms with Crippen molar-refractivity contribution in [2.24, 2.45) is 5.10 Å². The molecule has 0 saturated heterocycles. The monoisotopic (exact) mass is 373 g/mol. The Hall–Kier alpha value is -2.52. The summed E-state index contributed by atoms with van der Waals surface area (Å²) >= 11 is 11.4. The van der Waals surface area contributed by atoms with Crippen molar-refractivity contribution in [3.8, 4) is 0 Å². The van der Waals surface area contributed by atoms with Crippen LogP contribution in [0.3, 0.4) is 0 Å². The van der Waals surface area contributed by atoms with Crippen molar-refractivity contribution in [2.45, 2.75) is 6.92 Å². The second-order valence-electron chi connectivity index (χ2n) is 4.17. The summed E-state index contributed by atoms with van der Waals surface area (Å²) in [6.45, 7) is 1.64. The van der Waals surface area contributed by atoms with Crippen molar-refractivity contribution in [2.75, 3.05) is 6.61 Å². The van der Waals surface area contributed by atoms with Crippen LogP contribution in [0, 0.1) is 5.82 Å². The first-order chi connectivity index (χ1) is 11.4. The van der Waals surface area contributed by atoms with Crippen LogP contribution < -0.4 is 0 Å². The first-order valence-corrected chi connectivity index (χ1v) is 7.20. The molecular weight excluding hydrogens is 364 g/mol. The van der Waals surface area contributed by atoms with Gasteiger partial charge in [0.25, 0.3) is 0 Å². The van der Waals surface area contributed by atoms with Gasteiger partial charge in [0, 0.05) is 0 Å². The van der Waals surface area contributed by atoms with E-state index < -0.39 is 22.7 Å². The molecule has 11 heteroatoms. The van der Waals surface area contributed by atoms with E-state index in [4.69, 9.17) is 27.9 Å². The van der Waals surface area contributed by atoms with Gasteiger partial charge in [0.1, 0.15) is 29.1 Å². The van der Waals surface area contributed by atoms with Gasteiger partial charge in [-0.15, -0.1) is 10.2 Å². The average Bonchev–Trinajstić information content (AvgIpc) is 3.04. The van der Waals surface area contributed by atoms with Gasteiger partial charge in [0.15, 0.2) is 11.0 Å². The van der Waals surface area contributed by atoms with Crippen molar-refractivity contribution < 1.29 is 19.0 Å². The maximum Gasteiger partial charge on any atom is 0.343 e. The van der Waals surface area contributed by atoms with E-state index in [1.807, 2.05) is 0 Å². The molecule has 0 aliphatic carbocycles. The van der Waals surface area contributed by atoms with E-state index in [-0.39, 0.29) is 22.9 Å². The molecule has 2 aromatic rings. The normalized spacial score (nSPS) is 12.3. The molecule has 0 fully saturated rings. The molecule has 0 spiro atoms. The van der Waals surface area contributed by atoms with Crippen LogP contribution in [0.25, 0.3) is 5.76 Å². The number of carbonyl (C=O) groups is 1. The molecule has 0 saturated carbocycles. The summed E-state index contributed by atoms with van der Waals surface area (Å²) in [6, 6.07) is 0.846. The van der Waals surface area contributed by atoms with Crippen LogP contribution in [0.5, 0.6) is 0 Å². The molecule has 8 nitrogen and oxygen atoms in total. The molecule has 0 aliphatic heterocycles. The number of halogens is 3. The summed E-state index contributed by atoms with van der Waals surface area (Å²) in [4.78, 5) is 15.6. The highest BCUT2D eigenvalue weighted by Gasteiger charge is 2.20. The van der Waals surface area contributed by atoms with E-state index in [0.717, 1.165) is 12.3 Å². The van der Waals surface area contributed by atoms with Crippen molar-refractivity contribution in [3.63, 3.8) is 0 Å². The Kier molecular flexibility index (Phi) is 5.83. The number of hydrogen-bond donors (Lipinski definition) is 1. The Balaban J connectivity index is 2.53. The zero-order chi connectivity index (χ0) is 17.7. The summed E-state index contributed by atoms with van der Waals surface area (Å²) < 4.78 is 19.6. The minimum Gasteiger partial charge on any atom is -0.506 e. The molecule has 0 amide bonds. The van der Waals surface area contributed by atoms with Crippen molar-refractivity contribution in [3.05, 3.63) is 46.0 Å². The van der Waals surface area contributed by atoms with Gasteiger partial charge in [0.2, 0.25) is 0 Å². The second-order valence-corrected chi connectivity index (χ2v) is 4.88. The minimum atomic E-state index is -0.915. The number of hydrogen-bond acceptors (Lipinski definition) is 7. The highest BCUT2D eigenvalue weighted by Crippen LogP contribution is 2.27. The number of aliphatic hydroxyl groups excluding tert-OH is 1. The lowest BCUT2D eigenvalue weighted by Crippen LogP contribution is -2.12. The number of carbonyl (C=O) groups excluding carboxylic acids is 1. The van der Waals surface area contributed by atoms with Gasteiger partial charge < -0.3 is 9.84 Å². The van der Waals surface area contributed by atoms with Crippen LogP contribution in [-0.2, 0) is 9.53 Å². The second kappa shape index (κ2) is 7.84. The van der Waals surface area contributed by atoms with E-state index in [0.29, 0.717) is 0 Å². The van der Waals surface area contributed by atoms with Crippen LogP contribution in [0.2, 0.25) is 10.3 Å². The summed E-state index contributed by atoms with van der Waals surface area (Å²) in [5.41, 5.74) is -0.604. The maximum atomic E-state index is 13.6. The Morgan fingerprint density at radius 2 is 2.08 bits per heavy atom. The van der Waals surface area contributed by atoms with Gasteiger partial charge in [-0.3, -0.25) is 0 Å². The number of nitrogens with zero attached hydrogens (tertiary/aromatic N) is 5. The first-order valence-electron chi connectivity index (χ1n) is 6.45. The van der Waals surface area contributed by atoms with Crippen molar-refractivity contribution in [1.29, 1.82) is 0 Å². The van der Waals surface area contributed by atoms with E-state index in [1.165, 1.54) is 17.3 Å². The number of esters is 1. The third kappa shape index (κ3) is 4.06. The number of ether oxygens (including phenoxy) is 1. The molecule has 0 radical (unpaired) electrons. The average molecular weight is 374 g/mol. The Morgan fingerprint density at radius 3 is 2.71 bits per heavy atom. The molecule has 24 heavy (non-hydrogen) atoms. The van der Waals surface area contributed by atoms with E-state index >= 15 is 0 Å². The van der Waals surface area contributed by atoms with E-state index in [1.54, 1.807) is 6.92 Å². The quantitative estimate of drug-likeness (QED) is 0.284. The molecule has 0 atom stereocenters. The zero-order valence-electron chi connectivity index (χ0n) is 12.2. The lowest BCUT2D eigenvalue weighted by molar-refractivity contribution is -0.137. The van der Waals surface area contributed by atoms with Crippen molar-refractivity contribution >= 4 is 41.1 Å². The number of pyridine rings is 1. The highest BCUT2D eigenvalue weighted by molar-refractivity contribution is 6.34. The standard InChI is InChI=1S/C13H10Cl2FN5O3/c1-2-24-13(23)8(4-19-21-5-17-18-6-21)10(22)7-3-9(16)12(15)20-11(7)14/h3-6,22H,2H2,1H3/b10-8+,19-4+. The Morgan fingerprint density at radius 1 is 1.42 bits per heavy atom. The molecule has 126 valence electrons. The first kappa shape index (κ1) is 17.8. The van der Waals surface area contributed by atoms with Crippen molar-refractivity contribution in [1.82, 2.24) is 19.9 Å². The van der Waals surface area contributed by atoms with Gasteiger partial charge in [-0.1, -0.05) is 23.2 Å². The molecule has 2 rings (SSSR count). The predicted molar refractivity (Wildman–Crippen MR) is 84.3 cm³/mol. The number of aliphatic hydroxyl groups is 1. The summed E-state index contributed by atoms with van der Waals surface area (Å²) in [7, 11) is 0. The molecule has 2 aromatic heterocycles. The van der Waals surface area contributed by atoms with Crippen LogP contribution in [-0.4, -0.2) is 43.8 Å². The summed E-state index contributed by atoms with van der Waals surface area (Å²) in [5.74, 6) is -2.47. The SMILES string of the molecule is CCOC(=O)C(/C=N/n1cnnc1)=C(/O)c1cc(F)c(Cl)nc1Cl. The van der Waals surface area contributed by atoms with Gasteiger partial charge in [-0.05, 0) is 13.0 Å². The van der Waals surface area contributed by atoms with Gasteiger partial charge in [-0.2, -0.15) is 5.10 Å². The summed E-state index contributed by atoms with van der Waals surface area (Å²) in [6.07, 6.45) is 3.51. The number of aromatic nitrogens is 4. The Bertz CT molecular complexity index is 808.